The van der Waals surface area contributed by atoms with E-state index in [1.165, 1.54) is 5.56 Å². The molecule has 0 fully saturated rings. The van der Waals surface area contributed by atoms with Gasteiger partial charge in [-0.3, -0.25) is 4.90 Å². The van der Waals surface area contributed by atoms with Gasteiger partial charge in [0.1, 0.15) is 12.6 Å². The van der Waals surface area contributed by atoms with E-state index in [1.54, 1.807) is 4.90 Å². The SMILES string of the molecule is Cc1ccccc1C#C[C@H]1c2ccccc2CCN1C(=O)OCc1ccccc1. The normalized spacial score (nSPS) is 15.1. The van der Waals surface area contributed by atoms with Crippen molar-refractivity contribution in [1.82, 2.24) is 4.90 Å². The van der Waals surface area contributed by atoms with E-state index in [9.17, 15) is 4.79 Å². The van der Waals surface area contributed by atoms with Gasteiger partial charge >= 0.3 is 6.09 Å². The highest BCUT2D eigenvalue weighted by atomic mass is 16.6. The molecule has 4 rings (SSSR count). The Bertz CT molecular complexity index is 1060. The van der Waals surface area contributed by atoms with Gasteiger partial charge in [-0.05, 0) is 41.7 Å². The molecule has 0 radical (unpaired) electrons. The molecule has 29 heavy (non-hydrogen) atoms. The molecule has 0 unspecified atom stereocenters. The van der Waals surface area contributed by atoms with Gasteiger partial charge in [0.2, 0.25) is 0 Å². The molecular formula is C26H23NO2. The first kappa shape index (κ1) is 18.8. The molecular weight excluding hydrogens is 358 g/mol. The van der Waals surface area contributed by atoms with Gasteiger partial charge < -0.3 is 4.74 Å². The lowest BCUT2D eigenvalue weighted by molar-refractivity contribution is 0.0862. The third kappa shape index (κ3) is 4.33. The first-order valence-corrected chi connectivity index (χ1v) is 9.84. The smallest absolute Gasteiger partial charge is 0.411 e. The summed E-state index contributed by atoms with van der Waals surface area (Å²) in [5.41, 5.74) is 5.40. The van der Waals surface area contributed by atoms with Crippen LogP contribution in [-0.4, -0.2) is 17.5 Å². The molecule has 1 atom stereocenters. The summed E-state index contributed by atoms with van der Waals surface area (Å²) in [6.07, 6.45) is 0.478. The molecule has 1 aliphatic heterocycles. The molecule has 1 heterocycles. The molecule has 0 saturated heterocycles. The average Bonchev–Trinajstić information content (AvgIpc) is 2.77. The number of aryl methyl sites for hydroxylation is 1. The highest BCUT2D eigenvalue weighted by Gasteiger charge is 2.30. The maximum Gasteiger partial charge on any atom is 0.411 e. The minimum atomic E-state index is -0.326. The lowest BCUT2D eigenvalue weighted by Crippen LogP contribution is -2.39. The van der Waals surface area contributed by atoms with Crippen LogP contribution in [0.2, 0.25) is 0 Å². The van der Waals surface area contributed by atoms with Gasteiger partial charge in [-0.2, -0.15) is 0 Å². The van der Waals surface area contributed by atoms with Crippen LogP contribution in [0.5, 0.6) is 0 Å². The van der Waals surface area contributed by atoms with Crippen molar-refractivity contribution >= 4 is 6.09 Å². The van der Waals surface area contributed by atoms with Crippen LogP contribution in [0.1, 0.15) is 33.9 Å². The molecule has 0 aliphatic carbocycles. The van der Waals surface area contributed by atoms with Gasteiger partial charge in [0.25, 0.3) is 0 Å². The number of carbonyl (C=O) groups is 1. The summed E-state index contributed by atoms with van der Waals surface area (Å²) in [6.45, 7) is 2.90. The zero-order valence-corrected chi connectivity index (χ0v) is 16.5. The minimum absolute atomic E-state index is 0.260. The van der Waals surface area contributed by atoms with Crippen LogP contribution in [-0.2, 0) is 17.8 Å². The summed E-state index contributed by atoms with van der Waals surface area (Å²) in [6, 6.07) is 25.7. The fourth-order valence-corrected chi connectivity index (χ4v) is 3.58. The van der Waals surface area contributed by atoms with Gasteiger partial charge in [0.15, 0.2) is 0 Å². The summed E-state index contributed by atoms with van der Waals surface area (Å²) in [4.78, 5) is 14.7. The van der Waals surface area contributed by atoms with E-state index in [-0.39, 0.29) is 18.7 Å². The summed E-state index contributed by atoms with van der Waals surface area (Å²) in [5.74, 6) is 6.62. The van der Waals surface area contributed by atoms with Crippen LogP contribution < -0.4 is 0 Å². The minimum Gasteiger partial charge on any atom is -0.445 e. The zero-order valence-electron chi connectivity index (χ0n) is 16.5. The van der Waals surface area contributed by atoms with Crippen molar-refractivity contribution in [3.05, 3.63) is 107 Å². The fraction of sp³-hybridized carbons (Fsp3) is 0.192. The van der Waals surface area contributed by atoms with Crippen LogP contribution in [0.25, 0.3) is 0 Å². The molecule has 144 valence electrons. The quantitative estimate of drug-likeness (QED) is 0.565. The predicted molar refractivity (Wildman–Crippen MR) is 114 cm³/mol. The Kier molecular flexibility index (Phi) is 5.63. The van der Waals surface area contributed by atoms with Gasteiger partial charge in [0.05, 0.1) is 0 Å². The second-order valence-electron chi connectivity index (χ2n) is 7.17. The predicted octanol–water partition coefficient (Wildman–Crippen LogP) is 5.28. The Morgan fingerprint density at radius 1 is 1.00 bits per heavy atom. The van der Waals surface area contributed by atoms with E-state index in [2.05, 4.69) is 24.0 Å². The van der Waals surface area contributed by atoms with Gasteiger partial charge in [-0.15, -0.1) is 0 Å². The molecule has 3 aromatic rings. The third-order valence-corrected chi connectivity index (χ3v) is 5.21. The third-order valence-electron chi connectivity index (χ3n) is 5.21. The molecule has 0 saturated carbocycles. The Hall–Kier alpha value is -3.51. The number of carbonyl (C=O) groups excluding carboxylic acids is 1. The van der Waals surface area contributed by atoms with E-state index < -0.39 is 0 Å². The van der Waals surface area contributed by atoms with Crippen molar-refractivity contribution in [2.75, 3.05) is 6.54 Å². The molecule has 0 N–H and O–H groups in total. The Morgan fingerprint density at radius 3 is 2.55 bits per heavy atom. The van der Waals surface area contributed by atoms with Crippen LogP contribution in [0.4, 0.5) is 4.79 Å². The standard InChI is InChI=1S/C26H23NO2/c1-20-9-5-6-12-22(20)15-16-25-24-14-8-7-13-23(24)17-18-27(25)26(28)29-19-21-10-3-2-4-11-21/h2-14,25H,17-19H2,1H3/t25-/m0/s1. The van der Waals surface area contributed by atoms with E-state index in [1.807, 2.05) is 73.7 Å². The van der Waals surface area contributed by atoms with Crippen molar-refractivity contribution in [1.29, 1.82) is 0 Å². The topological polar surface area (TPSA) is 29.5 Å². The van der Waals surface area contributed by atoms with Gasteiger partial charge in [-0.1, -0.05) is 84.6 Å². The Labute approximate surface area is 171 Å². The van der Waals surface area contributed by atoms with E-state index in [0.29, 0.717) is 6.54 Å². The highest BCUT2D eigenvalue weighted by Crippen LogP contribution is 2.30. The summed E-state index contributed by atoms with van der Waals surface area (Å²) >= 11 is 0. The molecule has 3 heteroatoms. The number of ether oxygens (including phenoxy) is 1. The number of hydrogen-bond acceptors (Lipinski definition) is 2. The molecule has 1 amide bonds. The molecule has 3 aromatic carbocycles. The van der Waals surface area contributed by atoms with Crippen molar-refractivity contribution in [2.45, 2.75) is 26.0 Å². The van der Waals surface area contributed by atoms with Crippen LogP contribution in [0, 0.1) is 18.8 Å². The first-order valence-electron chi connectivity index (χ1n) is 9.84. The lowest BCUT2D eigenvalue weighted by atomic mass is 9.93. The van der Waals surface area contributed by atoms with Crippen molar-refractivity contribution < 1.29 is 9.53 Å². The van der Waals surface area contributed by atoms with Gasteiger partial charge in [-0.25, -0.2) is 4.79 Å². The first-order chi connectivity index (χ1) is 14.2. The molecule has 0 spiro atoms. The summed E-state index contributed by atoms with van der Waals surface area (Å²) < 4.78 is 5.61. The number of hydrogen-bond donors (Lipinski definition) is 0. The molecule has 3 nitrogen and oxygen atoms in total. The summed E-state index contributed by atoms with van der Waals surface area (Å²) in [5, 5.41) is 0. The number of amides is 1. The number of rotatable bonds is 2. The van der Waals surface area contributed by atoms with E-state index in [4.69, 9.17) is 4.74 Å². The maximum atomic E-state index is 12.9. The largest absolute Gasteiger partial charge is 0.445 e. The fourth-order valence-electron chi connectivity index (χ4n) is 3.58. The second-order valence-corrected chi connectivity index (χ2v) is 7.17. The van der Waals surface area contributed by atoms with Crippen LogP contribution in [0.3, 0.4) is 0 Å². The monoisotopic (exact) mass is 381 g/mol. The van der Waals surface area contributed by atoms with Crippen molar-refractivity contribution in [3.8, 4) is 11.8 Å². The summed E-state index contributed by atoms with van der Waals surface area (Å²) in [7, 11) is 0. The molecule has 0 aromatic heterocycles. The molecule has 1 aliphatic rings. The molecule has 0 bridgehead atoms. The zero-order chi connectivity index (χ0) is 20.1. The Morgan fingerprint density at radius 2 is 1.72 bits per heavy atom. The average molecular weight is 381 g/mol. The van der Waals surface area contributed by atoms with Crippen LogP contribution in [0.15, 0.2) is 78.9 Å². The number of fused-ring (bicyclic) bond motifs is 1. The Balaban J connectivity index is 1.60. The van der Waals surface area contributed by atoms with Crippen molar-refractivity contribution in [3.63, 3.8) is 0 Å². The number of nitrogens with zero attached hydrogens (tertiary/aromatic N) is 1. The van der Waals surface area contributed by atoms with Crippen LogP contribution >= 0.6 is 0 Å². The number of benzene rings is 3. The van der Waals surface area contributed by atoms with Gasteiger partial charge in [0, 0.05) is 12.1 Å². The lowest BCUT2D eigenvalue weighted by Gasteiger charge is -2.33. The second kappa shape index (κ2) is 8.67. The van der Waals surface area contributed by atoms with Crippen molar-refractivity contribution in [2.24, 2.45) is 0 Å². The van der Waals surface area contributed by atoms with E-state index >= 15 is 0 Å². The highest BCUT2D eigenvalue weighted by molar-refractivity contribution is 5.70. The maximum absolute atomic E-state index is 12.9. The van der Waals surface area contributed by atoms with E-state index in [0.717, 1.165) is 28.7 Å².